The molecule has 0 aliphatic rings. The van der Waals surface area contributed by atoms with E-state index in [1.165, 1.54) is 0 Å². The van der Waals surface area contributed by atoms with E-state index in [1.54, 1.807) is 0 Å². The van der Waals surface area contributed by atoms with Crippen molar-refractivity contribution in [1.29, 1.82) is 0 Å². The van der Waals surface area contributed by atoms with Gasteiger partial charge in [-0.15, -0.1) is 0 Å². The normalized spacial score (nSPS) is 11.8. The Labute approximate surface area is 120 Å². The Morgan fingerprint density at radius 3 is 2.60 bits per heavy atom. The van der Waals surface area contributed by atoms with Crippen LogP contribution in [0.25, 0.3) is 0 Å². The van der Waals surface area contributed by atoms with Gasteiger partial charge in [-0.2, -0.15) is 4.57 Å². The van der Waals surface area contributed by atoms with Gasteiger partial charge in [0.2, 0.25) is 6.54 Å². The summed E-state index contributed by atoms with van der Waals surface area (Å²) >= 11 is 0. The number of hydrogen-bond donors (Lipinski definition) is 2. The van der Waals surface area contributed by atoms with Gasteiger partial charge in [-0.05, 0) is 25.8 Å². The molecule has 0 unspecified atom stereocenters. The summed E-state index contributed by atoms with van der Waals surface area (Å²) < 4.78 is 1.85. The Bertz CT molecular complexity index is 486. The van der Waals surface area contributed by atoms with Crippen molar-refractivity contribution in [2.24, 2.45) is 0 Å². The Morgan fingerprint density at radius 1 is 1.30 bits per heavy atom. The van der Waals surface area contributed by atoms with Gasteiger partial charge in [-0.3, -0.25) is 10.1 Å². The first-order valence-electron chi connectivity index (χ1n) is 7.05. The lowest BCUT2D eigenvalue weighted by atomic mass is 10.2. The highest BCUT2D eigenvalue weighted by atomic mass is 16.2. The molecule has 2 N–H and O–H groups in total. The molecule has 3 amide bonds. The van der Waals surface area contributed by atoms with Crippen LogP contribution in [0.3, 0.4) is 0 Å². The van der Waals surface area contributed by atoms with E-state index in [1.807, 2.05) is 43.7 Å². The lowest BCUT2D eigenvalue weighted by Gasteiger charge is -2.11. The summed E-state index contributed by atoms with van der Waals surface area (Å²) in [5.74, 6) is -0.313. The molecule has 0 radical (unpaired) electrons. The number of aromatic nitrogens is 1. The largest absolute Gasteiger partial charge is 0.335 e. The second-order valence-electron chi connectivity index (χ2n) is 4.99. The second kappa shape index (κ2) is 7.62. The molecule has 0 bridgehead atoms. The number of pyridine rings is 1. The summed E-state index contributed by atoms with van der Waals surface area (Å²) in [4.78, 5) is 23.4. The Morgan fingerprint density at radius 2 is 2.00 bits per heavy atom. The number of carbonyl (C=O) groups excluding carboxylic acids is 2. The monoisotopic (exact) mass is 278 g/mol. The fourth-order valence-corrected chi connectivity index (χ4v) is 1.73. The van der Waals surface area contributed by atoms with Gasteiger partial charge in [0.1, 0.15) is 0 Å². The Hall–Kier alpha value is -1.91. The number of hydrogen-bond acceptors (Lipinski definition) is 2. The third kappa shape index (κ3) is 4.99. The number of amides is 3. The number of rotatable bonds is 5. The van der Waals surface area contributed by atoms with Crippen LogP contribution in [-0.2, 0) is 17.8 Å². The zero-order chi connectivity index (χ0) is 15.1. The lowest BCUT2D eigenvalue weighted by molar-refractivity contribution is -0.690. The van der Waals surface area contributed by atoms with Crippen LogP contribution in [0, 0.1) is 6.92 Å². The molecule has 20 heavy (non-hydrogen) atoms. The van der Waals surface area contributed by atoms with E-state index in [4.69, 9.17) is 0 Å². The minimum atomic E-state index is -0.436. The molecule has 1 heterocycles. The number of nitrogens with one attached hydrogen (secondary N) is 2. The summed E-state index contributed by atoms with van der Waals surface area (Å²) in [7, 11) is 0. The van der Waals surface area contributed by atoms with Crippen molar-refractivity contribution in [2.75, 3.05) is 0 Å². The van der Waals surface area contributed by atoms with Crippen LogP contribution < -0.4 is 15.2 Å². The van der Waals surface area contributed by atoms with E-state index in [9.17, 15) is 9.59 Å². The van der Waals surface area contributed by atoms with Gasteiger partial charge >= 0.3 is 6.03 Å². The molecule has 0 aliphatic carbocycles. The molecule has 0 spiro atoms. The summed E-state index contributed by atoms with van der Waals surface area (Å²) in [6.45, 7) is 8.02. The van der Waals surface area contributed by atoms with Crippen molar-refractivity contribution in [3.05, 3.63) is 29.6 Å². The first-order valence-corrected chi connectivity index (χ1v) is 7.05. The fraction of sp³-hybridized carbons (Fsp3) is 0.533. The van der Waals surface area contributed by atoms with Gasteiger partial charge in [0.05, 0.1) is 0 Å². The van der Waals surface area contributed by atoms with Crippen LogP contribution in [0.1, 0.15) is 38.4 Å². The Balaban J connectivity index is 2.60. The summed E-state index contributed by atoms with van der Waals surface area (Å²) in [6.07, 6.45) is 3.69. The van der Waals surface area contributed by atoms with Crippen molar-refractivity contribution < 1.29 is 14.2 Å². The SMILES string of the molecule is CCc1ccc(C)[n+](CC(=O)NC(=O)N[C@H](C)CC)c1. The molecule has 0 fully saturated rings. The summed E-state index contributed by atoms with van der Waals surface area (Å²) in [6, 6.07) is 3.64. The molecule has 1 atom stereocenters. The van der Waals surface area contributed by atoms with Crippen LogP contribution >= 0.6 is 0 Å². The molecular weight excluding hydrogens is 254 g/mol. The minimum Gasteiger partial charge on any atom is -0.335 e. The van der Waals surface area contributed by atoms with E-state index in [0.29, 0.717) is 0 Å². The minimum absolute atomic E-state index is 0.0561. The summed E-state index contributed by atoms with van der Waals surface area (Å²) in [5.41, 5.74) is 2.15. The molecule has 1 aromatic rings. The average molecular weight is 278 g/mol. The molecular formula is C15H24N3O2+. The van der Waals surface area contributed by atoms with E-state index >= 15 is 0 Å². The van der Waals surface area contributed by atoms with Crippen LogP contribution in [0.4, 0.5) is 4.79 Å². The second-order valence-corrected chi connectivity index (χ2v) is 4.99. The van der Waals surface area contributed by atoms with Crippen LogP contribution in [0.15, 0.2) is 18.3 Å². The molecule has 1 aromatic heterocycles. The van der Waals surface area contributed by atoms with Gasteiger partial charge in [0.15, 0.2) is 11.9 Å². The van der Waals surface area contributed by atoms with Crippen molar-refractivity contribution in [3.63, 3.8) is 0 Å². The molecule has 0 aliphatic heterocycles. The fourth-order valence-electron chi connectivity index (χ4n) is 1.73. The smallest absolute Gasteiger partial charge is 0.321 e. The first kappa shape index (κ1) is 16.1. The average Bonchev–Trinajstić information content (AvgIpc) is 2.40. The number of urea groups is 1. The van der Waals surface area contributed by atoms with Gasteiger partial charge in [-0.25, -0.2) is 4.79 Å². The van der Waals surface area contributed by atoms with E-state index in [2.05, 4.69) is 17.6 Å². The molecule has 1 rings (SSSR count). The highest BCUT2D eigenvalue weighted by Crippen LogP contribution is 1.98. The molecule has 5 nitrogen and oxygen atoms in total. The van der Waals surface area contributed by atoms with Gasteiger partial charge in [0, 0.05) is 24.6 Å². The third-order valence-corrected chi connectivity index (χ3v) is 3.28. The van der Waals surface area contributed by atoms with Gasteiger partial charge in [-0.1, -0.05) is 13.8 Å². The van der Waals surface area contributed by atoms with E-state index in [0.717, 1.165) is 24.1 Å². The molecule has 110 valence electrons. The predicted octanol–water partition coefficient (Wildman–Crippen LogP) is 1.47. The summed E-state index contributed by atoms with van der Waals surface area (Å²) in [5, 5.41) is 5.05. The lowest BCUT2D eigenvalue weighted by Crippen LogP contribution is -2.50. The topological polar surface area (TPSA) is 62.1 Å². The number of aryl methyl sites for hydroxylation is 2. The van der Waals surface area contributed by atoms with Crippen molar-refractivity contribution in [2.45, 2.75) is 53.1 Å². The van der Waals surface area contributed by atoms with Crippen molar-refractivity contribution >= 4 is 11.9 Å². The van der Waals surface area contributed by atoms with E-state index in [-0.39, 0.29) is 18.5 Å². The molecule has 0 saturated heterocycles. The maximum absolute atomic E-state index is 11.9. The molecule has 0 aromatic carbocycles. The van der Waals surface area contributed by atoms with Crippen LogP contribution in [0.5, 0.6) is 0 Å². The quantitative estimate of drug-likeness (QED) is 0.801. The van der Waals surface area contributed by atoms with Gasteiger partial charge in [0.25, 0.3) is 5.91 Å². The zero-order valence-corrected chi connectivity index (χ0v) is 12.7. The number of imide groups is 1. The highest BCUT2D eigenvalue weighted by molar-refractivity contribution is 5.93. The number of nitrogens with zero attached hydrogens (tertiary/aromatic N) is 1. The van der Waals surface area contributed by atoms with Crippen LogP contribution in [0.2, 0.25) is 0 Å². The van der Waals surface area contributed by atoms with Crippen LogP contribution in [-0.4, -0.2) is 18.0 Å². The standard InChI is InChI=1S/C15H23N3O2/c1-5-11(3)16-15(20)17-14(19)10-18-9-13(6-2)8-7-12(18)4/h7-9,11H,5-6,10H2,1-4H3,(H-,16,17,19,20)/p+1/t11-/m1/s1. The van der Waals surface area contributed by atoms with Crippen molar-refractivity contribution in [3.8, 4) is 0 Å². The first-order chi connectivity index (χ1) is 9.46. The predicted molar refractivity (Wildman–Crippen MR) is 77.2 cm³/mol. The molecule has 5 heteroatoms. The van der Waals surface area contributed by atoms with Gasteiger partial charge < -0.3 is 5.32 Å². The highest BCUT2D eigenvalue weighted by Gasteiger charge is 2.16. The van der Waals surface area contributed by atoms with E-state index < -0.39 is 6.03 Å². The van der Waals surface area contributed by atoms with Crippen molar-refractivity contribution in [1.82, 2.24) is 10.6 Å². The number of carbonyl (C=O) groups is 2. The Kier molecular flexibility index (Phi) is 6.15. The third-order valence-electron chi connectivity index (χ3n) is 3.28. The zero-order valence-electron chi connectivity index (χ0n) is 12.7. The maximum Gasteiger partial charge on any atom is 0.321 e. The maximum atomic E-state index is 11.9. The molecule has 0 saturated carbocycles.